The van der Waals surface area contributed by atoms with Crippen molar-refractivity contribution in [3.05, 3.63) is 34.9 Å². The van der Waals surface area contributed by atoms with Gasteiger partial charge in [0.15, 0.2) is 0 Å². The molecule has 19 heavy (non-hydrogen) atoms. The minimum Gasteiger partial charge on any atom is -0.355 e. The summed E-state index contributed by atoms with van der Waals surface area (Å²) < 4.78 is 0. The van der Waals surface area contributed by atoms with Crippen LogP contribution in [-0.4, -0.2) is 26.0 Å². The van der Waals surface area contributed by atoms with Crippen molar-refractivity contribution < 1.29 is 4.79 Å². The molecule has 0 bridgehead atoms. The Morgan fingerprint density at radius 2 is 2.00 bits per heavy atom. The normalized spacial score (nSPS) is 16.2. The number of hydrogen-bond acceptors (Lipinski definition) is 2. The highest BCUT2D eigenvalue weighted by molar-refractivity contribution is 5.79. The van der Waals surface area contributed by atoms with Crippen LogP contribution < -0.4 is 10.6 Å². The summed E-state index contributed by atoms with van der Waals surface area (Å²) in [5.41, 5.74) is 3.86. The first-order chi connectivity index (χ1) is 9.04. The van der Waals surface area contributed by atoms with Crippen molar-refractivity contribution in [2.75, 3.05) is 20.1 Å². The summed E-state index contributed by atoms with van der Waals surface area (Å²) in [5.74, 6) is 0.135. The van der Waals surface area contributed by atoms with Gasteiger partial charge in [0, 0.05) is 18.5 Å². The van der Waals surface area contributed by atoms with Crippen LogP contribution in [0.25, 0.3) is 0 Å². The number of rotatable bonds is 6. The minimum atomic E-state index is 0.135. The molecule has 0 atom stereocenters. The monoisotopic (exact) mass is 260 g/mol. The molecule has 1 fully saturated rings. The third kappa shape index (κ3) is 3.80. The van der Waals surface area contributed by atoms with Crippen molar-refractivity contribution in [1.82, 2.24) is 10.6 Å². The Balaban J connectivity index is 1.86. The third-order valence-electron chi connectivity index (χ3n) is 4.03. The van der Waals surface area contributed by atoms with Crippen LogP contribution in [0.5, 0.6) is 0 Å². The number of aryl methyl sites for hydroxylation is 2. The SMILES string of the molecule is CNCC1(CNC(=O)Cc2cc(C)ccc2C)CC1. The fraction of sp³-hybridized carbons (Fsp3) is 0.562. The van der Waals surface area contributed by atoms with E-state index in [2.05, 4.69) is 42.7 Å². The van der Waals surface area contributed by atoms with Gasteiger partial charge in [-0.1, -0.05) is 23.8 Å². The molecule has 2 rings (SSSR count). The molecule has 1 saturated carbocycles. The summed E-state index contributed by atoms with van der Waals surface area (Å²) in [5, 5.41) is 6.30. The van der Waals surface area contributed by atoms with E-state index >= 15 is 0 Å². The molecule has 0 aromatic heterocycles. The molecule has 0 heterocycles. The third-order valence-corrected chi connectivity index (χ3v) is 4.03. The van der Waals surface area contributed by atoms with E-state index in [1.54, 1.807) is 0 Å². The van der Waals surface area contributed by atoms with Crippen molar-refractivity contribution in [2.24, 2.45) is 5.41 Å². The number of carbonyl (C=O) groups is 1. The lowest BCUT2D eigenvalue weighted by atomic mass is 10.0. The predicted octanol–water partition coefficient (Wildman–Crippen LogP) is 1.96. The predicted molar refractivity (Wildman–Crippen MR) is 78.2 cm³/mol. The smallest absolute Gasteiger partial charge is 0.224 e. The Morgan fingerprint density at radius 1 is 1.26 bits per heavy atom. The van der Waals surface area contributed by atoms with E-state index in [1.165, 1.54) is 24.0 Å². The van der Waals surface area contributed by atoms with Gasteiger partial charge in [-0.15, -0.1) is 0 Å². The van der Waals surface area contributed by atoms with Gasteiger partial charge in [0.25, 0.3) is 0 Å². The van der Waals surface area contributed by atoms with Crippen LogP contribution in [-0.2, 0) is 11.2 Å². The molecule has 104 valence electrons. The molecular weight excluding hydrogens is 236 g/mol. The summed E-state index contributed by atoms with van der Waals surface area (Å²) in [7, 11) is 1.97. The average Bonchev–Trinajstić information content (AvgIpc) is 3.12. The molecule has 0 aliphatic heterocycles. The second-order valence-electron chi connectivity index (χ2n) is 5.91. The van der Waals surface area contributed by atoms with E-state index in [4.69, 9.17) is 0 Å². The lowest BCUT2D eigenvalue weighted by Crippen LogP contribution is -2.35. The molecule has 3 nitrogen and oxygen atoms in total. The highest BCUT2D eigenvalue weighted by atomic mass is 16.1. The van der Waals surface area contributed by atoms with Crippen LogP contribution in [0.3, 0.4) is 0 Å². The van der Waals surface area contributed by atoms with Gasteiger partial charge >= 0.3 is 0 Å². The molecule has 1 aliphatic rings. The second-order valence-corrected chi connectivity index (χ2v) is 5.91. The Morgan fingerprint density at radius 3 is 2.63 bits per heavy atom. The molecule has 0 saturated heterocycles. The number of benzene rings is 1. The summed E-state index contributed by atoms with van der Waals surface area (Å²) >= 11 is 0. The molecular formula is C16H24N2O. The Labute approximate surface area is 115 Å². The number of amides is 1. The van der Waals surface area contributed by atoms with Crippen molar-refractivity contribution in [2.45, 2.75) is 33.1 Å². The van der Waals surface area contributed by atoms with Gasteiger partial charge in [0.2, 0.25) is 5.91 Å². The first-order valence-corrected chi connectivity index (χ1v) is 7.02. The summed E-state index contributed by atoms with van der Waals surface area (Å²) in [6.07, 6.45) is 2.93. The maximum atomic E-state index is 12.0. The Bertz CT molecular complexity index is 464. The lowest BCUT2D eigenvalue weighted by molar-refractivity contribution is -0.120. The number of hydrogen-bond donors (Lipinski definition) is 2. The average molecular weight is 260 g/mol. The fourth-order valence-electron chi connectivity index (χ4n) is 2.48. The van der Waals surface area contributed by atoms with Crippen LogP contribution in [0, 0.1) is 19.3 Å². The minimum absolute atomic E-state index is 0.135. The largest absolute Gasteiger partial charge is 0.355 e. The molecule has 2 N–H and O–H groups in total. The van der Waals surface area contributed by atoms with Gasteiger partial charge in [-0.05, 0) is 44.9 Å². The second kappa shape index (κ2) is 5.74. The van der Waals surface area contributed by atoms with Crippen LogP contribution in [0.15, 0.2) is 18.2 Å². The maximum Gasteiger partial charge on any atom is 0.224 e. The van der Waals surface area contributed by atoms with E-state index in [9.17, 15) is 4.79 Å². The van der Waals surface area contributed by atoms with Gasteiger partial charge in [-0.3, -0.25) is 4.79 Å². The van der Waals surface area contributed by atoms with Gasteiger partial charge in [0.1, 0.15) is 0 Å². The zero-order valence-electron chi connectivity index (χ0n) is 12.2. The topological polar surface area (TPSA) is 41.1 Å². The van der Waals surface area contributed by atoms with E-state index in [0.717, 1.165) is 18.7 Å². The standard InChI is InChI=1S/C16H24N2O/c1-12-4-5-13(2)14(8-12)9-15(19)18-11-16(6-7-16)10-17-3/h4-5,8,17H,6-7,9-11H2,1-3H3,(H,18,19). The van der Waals surface area contributed by atoms with Gasteiger partial charge in [-0.2, -0.15) is 0 Å². The molecule has 1 amide bonds. The fourth-order valence-corrected chi connectivity index (χ4v) is 2.48. The molecule has 1 aromatic rings. The van der Waals surface area contributed by atoms with Crippen molar-refractivity contribution in [3.63, 3.8) is 0 Å². The summed E-state index contributed by atoms with van der Waals surface area (Å²) in [4.78, 5) is 12.0. The highest BCUT2D eigenvalue weighted by Crippen LogP contribution is 2.44. The molecule has 1 aliphatic carbocycles. The first kappa shape index (κ1) is 14.1. The summed E-state index contributed by atoms with van der Waals surface area (Å²) in [6, 6.07) is 6.28. The van der Waals surface area contributed by atoms with Gasteiger partial charge in [-0.25, -0.2) is 0 Å². The van der Waals surface area contributed by atoms with Crippen LogP contribution in [0.1, 0.15) is 29.5 Å². The van der Waals surface area contributed by atoms with Gasteiger partial charge in [0.05, 0.1) is 6.42 Å². The van der Waals surface area contributed by atoms with Crippen LogP contribution in [0.2, 0.25) is 0 Å². The lowest BCUT2D eigenvalue weighted by Gasteiger charge is -2.15. The molecule has 0 unspecified atom stereocenters. The molecule has 0 spiro atoms. The van der Waals surface area contributed by atoms with Crippen molar-refractivity contribution in [3.8, 4) is 0 Å². The van der Waals surface area contributed by atoms with Crippen molar-refractivity contribution in [1.29, 1.82) is 0 Å². The first-order valence-electron chi connectivity index (χ1n) is 7.02. The number of nitrogens with one attached hydrogen (secondary N) is 2. The maximum absolute atomic E-state index is 12.0. The van der Waals surface area contributed by atoms with Crippen LogP contribution in [0.4, 0.5) is 0 Å². The van der Waals surface area contributed by atoms with E-state index in [1.807, 2.05) is 7.05 Å². The van der Waals surface area contributed by atoms with E-state index < -0.39 is 0 Å². The molecule has 3 heteroatoms. The van der Waals surface area contributed by atoms with Crippen molar-refractivity contribution >= 4 is 5.91 Å². The van der Waals surface area contributed by atoms with E-state index in [0.29, 0.717) is 11.8 Å². The Kier molecular flexibility index (Phi) is 4.25. The molecule has 0 radical (unpaired) electrons. The Hall–Kier alpha value is -1.35. The zero-order valence-corrected chi connectivity index (χ0v) is 12.2. The summed E-state index contributed by atoms with van der Waals surface area (Å²) in [6.45, 7) is 5.92. The highest BCUT2D eigenvalue weighted by Gasteiger charge is 2.41. The zero-order chi connectivity index (χ0) is 13.9. The molecule has 1 aromatic carbocycles. The van der Waals surface area contributed by atoms with Crippen LogP contribution >= 0.6 is 0 Å². The quantitative estimate of drug-likeness (QED) is 0.821. The van der Waals surface area contributed by atoms with E-state index in [-0.39, 0.29) is 5.91 Å². The number of carbonyl (C=O) groups excluding carboxylic acids is 1. The van der Waals surface area contributed by atoms with Gasteiger partial charge < -0.3 is 10.6 Å².